The van der Waals surface area contributed by atoms with Gasteiger partial charge in [0.1, 0.15) is 0 Å². The number of hydrogen-bond donors (Lipinski definition) is 1. The van der Waals surface area contributed by atoms with Crippen molar-refractivity contribution in [2.75, 3.05) is 0 Å². The van der Waals surface area contributed by atoms with Gasteiger partial charge in [0.05, 0.1) is 0 Å². The maximum Gasteiger partial charge on any atom is 0.00420 e. The maximum atomic E-state index is 6.00. The second kappa shape index (κ2) is 4.80. The average Bonchev–Trinajstić information content (AvgIpc) is 2.11. The van der Waals surface area contributed by atoms with Crippen molar-refractivity contribution in [1.29, 1.82) is 0 Å². The fourth-order valence-corrected chi connectivity index (χ4v) is 2.29. The number of allylic oxidation sites excluding steroid dienone is 2. The molecule has 1 nitrogen and oxygen atoms in total. The van der Waals surface area contributed by atoms with Crippen LogP contribution in [0.2, 0.25) is 0 Å². The van der Waals surface area contributed by atoms with Crippen LogP contribution in [0, 0.1) is 11.8 Å². The van der Waals surface area contributed by atoms with Crippen molar-refractivity contribution in [3.63, 3.8) is 0 Å². The molecular formula is C12H23N. The third-order valence-corrected chi connectivity index (χ3v) is 3.44. The van der Waals surface area contributed by atoms with Gasteiger partial charge >= 0.3 is 0 Å². The zero-order valence-electron chi connectivity index (χ0n) is 9.22. The molecule has 0 radical (unpaired) electrons. The summed E-state index contributed by atoms with van der Waals surface area (Å²) < 4.78 is 0. The zero-order chi connectivity index (χ0) is 9.84. The minimum Gasteiger partial charge on any atom is -0.328 e. The highest BCUT2D eigenvalue weighted by Crippen LogP contribution is 2.33. The lowest BCUT2D eigenvalue weighted by atomic mass is 9.76. The van der Waals surface area contributed by atoms with Gasteiger partial charge in [-0.05, 0) is 44.4 Å². The van der Waals surface area contributed by atoms with E-state index in [0.29, 0.717) is 6.04 Å². The molecule has 0 bridgehead atoms. The molecule has 13 heavy (non-hydrogen) atoms. The molecule has 0 spiro atoms. The summed E-state index contributed by atoms with van der Waals surface area (Å²) in [4.78, 5) is 0. The molecule has 0 aromatic heterocycles. The van der Waals surface area contributed by atoms with Crippen molar-refractivity contribution >= 4 is 0 Å². The molecule has 0 saturated carbocycles. The molecule has 3 atom stereocenters. The molecule has 1 aliphatic rings. The monoisotopic (exact) mass is 181 g/mol. The number of nitrogens with two attached hydrogens (primary N) is 1. The quantitative estimate of drug-likeness (QED) is 0.665. The molecule has 0 aliphatic heterocycles. The molecule has 2 N–H and O–H groups in total. The summed E-state index contributed by atoms with van der Waals surface area (Å²) in [5.41, 5.74) is 7.57. The van der Waals surface area contributed by atoms with Crippen molar-refractivity contribution in [1.82, 2.24) is 0 Å². The molecule has 0 amide bonds. The first-order chi connectivity index (χ1) is 6.15. The van der Waals surface area contributed by atoms with Gasteiger partial charge in [0.15, 0.2) is 0 Å². The predicted octanol–water partition coefficient (Wildman–Crippen LogP) is 3.11. The molecule has 0 saturated heterocycles. The Labute approximate surface area is 82.4 Å². The summed E-state index contributed by atoms with van der Waals surface area (Å²) in [7, 11) is 0. The van der Waals surface area contributed by atoms with E-state index in [4.69, 9.17) is 5.73 Å². The molecule has 0 fully saturated rings. The molecule has 76 valence electrons. The molecule has 0 heterocycles. The van der Waals surface area contributed by atoms with Gasteiger partial charge in [0.2, 0.25) is 0 Å². The molecular weight excluding hydrogens is 158 g/mol. The predicted molar refractivity (Wildman–Crippen MR) is 58.5 cm³/mol. The van der Waals surface area contributed by atoms with E-state index in [1.165, 1.54) is 19.3 Å². The van der Waals surface area contributed by atoms with Crippen molar-refractivity contribution in [2.24, 2.45) is 17.6 Å². The van der Waals surface area contributed by atoms with Crippen LogP contribution >= 0.6 is 0 Å². The van der Waals surface area contributed by atoms with E-state index in [1.807, 2.05) is 0 Å². The Bertz CT molecular complexity index is 184. The topological polar surface area (TPSA) is 26.0 Å². The van der Waals surface area contributed by atoms with Crippen LogP contribution < -0.4 is 5.73 Å². The molecule has 0 aromatic rings. The van der Waals surface area contributed by atoms with Crippen molar-refractivity contribution in [2.45, 2.75) is 52.5 Å². The van der Waals surface area contributed by atoms with Crippen molar-refractivity contribution in [3.8, 4) is 0 Å². The standard InChI is InChI=1S/C12H23N/c1-4-11(13)8-12-9(2)6-5-7-10(12)3/h6,10-12H,4-5,7-8,13H2,1-3H3. The fraction of sp³-hybridized carbons (Fsp3) is 0.833. The van der Waals surface area contributed by atoms with Gasteiger partial charge in [-0.25, -0.2) is 0 Å². The average molecular weight is 181 g/mol. The van der Waals surface area contributed by atoms with Crippen LogP contribution in [-0.4, -0.2) is 6.04 Å². The van der Waals surface area contributed by atoms with Crippen LogP contribution in [-0.2, 0) is 0 Å². The van der Waals surface area contributed by atoms with Crippen LogP contribution in [0.15, 0.2) is 11.6 Å². The molecule has 3 unspecified atom stereocenters. The van der Waals surface area contributed by atoms with Crippen molar-refractivity contribution < 1.29 is 0 Å². The Morgan fingerprint density at radius 3 is 2.85 bits per heavy atom. The Morgan fingerprint density at radius 2 is 2.31 bits per heavy atom. The van der Waals surface area contributed by atoms with E-state index in [1.54, 1.807) is 5.57 Å². The summed E-state index contributed by atoms with van der Waals surface area (Å²) in [5.74, 6) is 1.59. The molecule has 0 aromatic carbocycles. The summed E-state index contributed by atoms with van der Waals surface area (Å²) in [6.07, 6.45) is 7.30. The van der Waals surface area contributed by atoms with Gasteiger partial charge < -0.3 is 5.73 Å². The van der Waals surface area contributed by atoms with E-state index >= 15 is 0 Å². The van der Waals surface area contributed by atoms with Crippen molar-refractivity contribution in [3.05, 3.63) is 11.6 Å². The Kier molecular flexibility index (Phi) is 3.98. The second-order valence-corrected chi connectivity index (χ2v) is 4.51. The lowest BCUT2D eigenvalue weighted by Crippen LogP contribution is -2.27. The fourth-order valence-electron chi connectivity index (χ4n) is 2.29. The minimum absolute atomic E-state index is 0.397. The lowest BCUT2D eigenvalue weighted by molar-refractivity contribution is 0.323. The zero-order valence-corrected chi connectivity index (χ0v) is 9.22. The number of hydrogen-bond acceptors (Lipinski definition) is 1. The first-order valence-electron chi connectivity index (χ1n) is 5.57. The van der Waals surface area contributed by atoms with Crippen LogP contribution in [0.5, 0.6) is 0 Å². The first kappa shape index (κ1) is 10.8. The van der Waals surface area contributed by atoms with Gasteiger partial charge in [-0.15, -0.1) is 0 Å². The lowest BCUT2D eigenvalue weighted by Gasteiger charge is -2.30. The number of rotatable bonds is 3. The Morgan fingerprint density at radius 1 is 1.62 bits per heavy atom. The molecule has 1 rings (SSSR count). The summed E-state index contributed by atoms with van der Waals surface area (Å²) >= 11 is 0. The van der Waals surface area contributed by atoms with Gasteiger partial charge in [0.25, 0.3) is 0 Å². The van der Waals surface area contributed by atoms with E-state index in [2.05, 4.69) is 26.8 Å². The molecule has 1 heteroatoms. The van der Waals surface area contributed by atoms with Crippen LogP contribution in [0.25, 0.3) is 0 Å². The highest BCUT2D eigenvalue weighted by atomic mass is 14.6. The third kappa shape index (κ3) is 2.84. The minimum atomic E-state index is 0.397. The second-order valence-electron chi connectivity index (χ2n) is 4.51. The maximum absolute atomic E-state index is 6.00. The van der Waals surface area contributed by atoms with E-state index < -0.39 is 0 Å². The van der Waals surface area contributed by atoms with E-state index in [0.717, 1.165) is 18.3 Å². The summed E-state index contributed by atoms with van der Waals surface area (Å²) in [6.45, 7) is 6.81. The van der Waals surface area contributed by atoms with Crippen LogP contribution in [0.4, 0.5) is 0 Å². The SMILES string of the molecule is CCC(N)CC1C(C)=CCCC1C. The van der Waals surface area contributed by atoms with E-state index in [9.17, 15) is 0 Å². The highest BCUT2D eigenvalue weighted by molar-refractivity contribution is 5.09. The summed E-state index contributed by atoms with van der Waals surface area (Å²) in [6, 6.07) is 0.397. The molecule has 1 aliphatic carbocycles. The van der Waals surface area contributed by atoms with Gasteiger partial charge in [-0.3, -0.25) is 0 Å². The third-order valence-electron chi connectivity index (χ3n) is 3.44. The Hall–Kier alpha value is -0.300. The largest absolute Gasteiger partial charge is 0.328 e. The van der Waals surface area contributed by atoms with Gasteiger partial charge in [0, 0.05) is 6.04 Å². The normalized spacial score (nSPS) is 31.2. The van der Waals surface area contributed by atoms with Gasteiger partial charge in [-0.1, -0.05) is 25.5 Å². The smallest absolute Gasteiger partial charge is 0.00420 e. The van der Waals surface area contributed by atoms with Crippen LogP contribution in [0.3, 0.4) is 0 Å². The van der Waals surface area contributed by atoms with Gasteiger partial charge in [-0.2, -0.15) is 0 Å². The van der Waals surface area contributed by atoms with Crippen LogP contribution in [0.1, 0.15) is 46.5 Å². The Balaban J connectivity index is 2.54. The highest BCUT2D eigenvalue weighted by Gasteiger charge is 2.23. The van der Waals surface area contributed by atoms with E-state index in [-0.39, 0.29) is 0 Å². The summed E-state index contributed by atoms with van der Waals surface area (Å²) in [5, 5.41) is 0. The first-order valence-corrected chi connectivity index (χ1v) is 5.57.